The Balaban J connectivity index is 1.76. The average Bonchev–Trinajstić information content (AvgIpc) is 3.25. The SMILES string of the molecule is Cc1nnc2n(Cc3ccccc3)c(=O)c3c4c(sc3n12)CC(C(C)(C)C)CC4. The third-order valence-electron chi connectivity index (χ3n) is 6.37. The van der Waals surface area contributed by atoms with Crippen molar-refractivity contribution in [3.63, 3.8) is 0 Å². The normalized spacial score (nSPS) is 17.2. The first-order valence-electron chi connectivity index (χ1n) is 10.3. The Morgan fingerprint density at radius 1 is 1.17 bits per heavy atom. The van der Waals surface area contributed by atoms with Gasteiger partial charge in [-0.25, -0.2) is 0 Å². The van der Waals surface area contributed by atoms with E-state index in [0.29, 0.717) is 18.2 Å². The Morgan fingerprint density at radius 2 is 1.93 bits per heavy atom. The highest BCUT2D eigenvalue weighted by molar-refractivity contribution is 7.18. The first-order valence-corrected chi connectivity index (χ1v) is 11.1. The Bertz CT molecular complexity index is 1270. The van der Waals surface area contributed by atoms with E-state index < -0.39 is 0 Å². The summed E-state index contributed by atoms with van der Waals surface area (Å²) >= 11 is 1.77. The highest BCUT2D eigenvalue weighted by Gasteiger charge is 2.32. The fraction of sp³-hybridized carbons (Fsp3) is 0.435. The molecule has 4 aromatic rings. The molecule has 0 saturated heterocycles. The predicted octanol–water partition coefficient (Wildman–Crippen LogP) is 4.61. The molecule has 0 amide bonds. The third kappa shape index (κ3) is 2.92. The highest BCUT2D eigenvalue weighted by atomic mass is 32.1. The van der Waals surface area contributed by atoms with Gasteiger partial charge in [0, 0.05) is 4.88 Å². The molecule has 0 saturated carbocycles. The lowest BCUT2D eigenvalue weighted by atomic mass is 9.72. The van der Waals surface area contributed by atoms with Crippen molar-refractivity contribution < 1.29 is 0 Å². The van der Waals surface area contributed by atoms with Gasteiger partial charge in [-0.3, -0.25) is 13.8 Å². The van der Waals surface area contributed by atoms with E-state index in [-0.39, 0.29) is 11.0 Å². The summed E-state index contributed by atoms with van der Waals surface area (Å²) in [6.45, 7) is 9.45. The summed E-state index contributed by atoms with van der Waals surface area (Å²) in [6.07, 6.45) is 3.17. The van der Waals surface area contributed by atoms with Crippen LogP contribution in [0.4, 0.5) is 0 Å². The van der Waals surface area contributed by atoms with Gasteiger partial charge in [0.05, 0.1) is 11.9 Å². The van der Waals surface area contributed by atoms with Crippen molar-refractivity contribution in [2.24, 2.45) is 11.3 Å². The minimum Gasteiger partial charge on any atom is -0.272 e. The van der Waals surface area contributed by atoms with Crippen LogP contribution in [0.1, 0.15) is 49.0 Å². The quantitative estimate of drug-likeness (QED) is 0.488. The van der Waals surface area contributed by atoms with E-state index in [0.717, 1.165) is 40.9 Å². The molecule has 1 aromatic carbocycles. The van der Waals surface area contributed by atoms with Gasteiger partial charge in [0.15, 0.2) is 0 Å². The molecule has 6 heteroatoms. The number of benzene rings is 1. The molecular formula is C23H26N4OS. The lowest BCUT2D eigenvalue weighted by Crippen LogP contribution is -2.27. The van der Waals surface area contributed by atoms with E-state index in [4.69, 9.17) is 0 Å². The molecule has 1 aliphatic rings. The molecule has 0 spiro atoms. The van der Waals surface area contributed by atoms with Crippen LogP contribution < -0.4 is 5.56 Å². The monoisotopic (exact) mass is 406 g/mol. The number of hydrogen-bond acceptors (Lipinski definition) is 4. The number of thiophene rings is 1. The molecule has 1 unspecified atom stereocenters. The summed E-state index contributed by atoms with van der Waals surface area (Å²) in [5.74, 6) is 2.11. The molecule has 5 nitrogen and oxygen atoms in total. The van der Waals surface area contributed by atoms with E-state index in [9.17, 15) is 4.79 Å². The van der Waals surface area contributed by atoms with Crippen LogP contribution in [-0.4, -0.2) is 19.2 Å². The molecule has 3 heterocycles. The minimum atomic E-state index is 0.0652. The van der Waals surface area contributed by atoms with Crippen molar-refractivity contribution in [1.82, 2.24) is 19.2 Å². The second-order valence-corrected chi connectivity index (χ2v) is 10.3. The maximum absolute atomic E-state index is 13.7. The highest BCUT2D eigenvalue weighted by Crippen LogP contribution is 2.42. The summed E-state index contributed by atoms with van der Waals surface area (Å²) in [5.41, 5.74) is 2.69. The molecule has 150 valence electrons. The first kappa shape index (κ1) is 18.6. The van der Waals surface area contributed by atoms with Crippen molar-refractivity contribution >= 4 is 27.3 Å². The number of rotatable bonds is 2. The van der Waals surface area contributed by atoms with Gasteiger partial charge in [-0.1, -0.05) is 51.1 Å². The van der Waals surface area contributed by atoms with Crippen molar-refractivity contribution in [3.05, 3.63) is 62.5 Å². The smallest absolute Gasteiger partial charge is 0.264 e. The van der Waals surface area contributed by atoms with Gasteiger partial charge in [-0.05, 0) is 48.6 Å². The van der Waals surface area contributed by atoms with Gasteiger partial charge in [0.25, 0.3) is 5.56 Å². The van der Waals surface area contributed by atoms with Gasteiger partial charge < -0.3 is 0 Å². The van der Waals surface area contributed by atoms with Crippen LogP contribution in [0, 0.1) is 18.3 Å². The number of fused-ring (bicyclic) bond motifs is 5. The van der Waals surface area contributed by atoms with Crippen LogP contribution in [0.15, 0.2) is 35.1 Å². The lowest BCUT2D eigenvalue weighted by molar-refractivity contribution is 0.218. The van der Waals surface area contributed by atoms with Crippen LogP contribution in [0.25, 0.3) is 16.0 Å². The average molecular weight is 407 g/mol. The molecular weight excluding hydrogens is 380 g/mol. The Labute approximate surface area is 174 Å². The van der Waals surface area contributed by atoms with Gasteiger partial charge in [-0.15, -0.1) is 21.5 Å². The van der Waals surface area contributed by atoms with Crippen molar-refractivity contribution in [2.75, 3.05) is 0 Å². The second-order valence-electron chi connectivity index (χ2n) is 9.25. The Morgan fingerprint density at radius 3 is 2.66 bits per heavy atom. The number of aryl methyl sites for hydroxylation is 2. The van der Waals surface area contributed by atoms with E-state index in [2.05, 4.69) is 35.4 Å². The molecule has 0 fully saturated rings. The zero-order chi connectivity index (χ0) is 20.3. The van der Waals surface area contributed by atoms with Crippen LogP contribution in [0.2, 0.25) is 0 Å². The van der Waals surface area contributed by atoms with Crippen LogP contribution in [-0.2, 0) is 19.4 Å². The molecule has 0 aliphatic heterocycles. The van der Waals surface area contributed by atoms with E-state index >= 15 is 0 Å². The number of aromatic nitrogens is 4. The van der Waals surface area contributed by atoms with Gasteiger partial charge in [-0.2, -0.15) is 0 Å². The molecule has 0 bridgehead atoms. The topological polar surface area (TPSA) is 52.2 Å². The maximum atomic E-state index is 13.7. The molecule has 0 radical (unpaired) electrons. The van der Waals surface area contributed by atoms with Gasteiger partial charge in [0.2, 0.25) is 5.78 Å². The second kappa shape index (κ2) is 6.52. The van der Waals surface area contributed by atoms with Crippen LogP contribution in [0.3, 0.4) is 0 Å². The fourth-order valence-corrected chi connectivity index (χ4v) is 6.05. The summed E-state index contributed by atoms with van der Waals surface area (Å²) in [4.78, 5) is 16.0. The van der Waals surface area contributed by atoms with Gasteiger partial charge >= 0.3 is 0 Å². The van der Waals surface area contributed by atoms with Gasteiger partial charge in [0.1, 0.15) is 10.7 Å². The summed E-state index contributed by atoms with van der Waals surface area (Å²) < 4.78 is 3.87. The number of hydrogen-bond donors (Lipinski definition) is 0. The molecule has 0 N–H and O–H groups in total. The van der Waals surface area contributed by atoms with Crippen LogP contribution >= 0.6 is 11.3 Å². The number of nitrogens with zero attached hydrogens (tertiary/aromatic N) is 4. The lowest BCUT2D eigenvalue weighted by Gasteiger charge is -2.33. The largest absolute Gasteiger partial charge is 0.272 e. The minimum absolute atomic E-state index is 0.0652. The Kier molecular flexibility index (Phi) is 4.17. The molecule has 1 aliphatic carbocycles. The fourth-order valence-electron chi connectivity index (χ4n) is 4.59. The van der Waals surface area contributed by atoms with E-state index in [1.807, 2.05) is 37.3 Å². The predicted molar refractivity (Wildman–Crippen MR) is 118 cm³/mol. The maximum Gasteiger partial charge on any atom is 0.264 e. The van der Waals surface area contributed by atoms with E-state index in [1.165, 1.54) is 10.4 Å². The summed E-state index contributed by atoms with van der Waals surface area (Å²) in [6, 6.07) is 10.1. The third-order valence-corrected chi connectivity index (χ3v) is 7.61. The standard InChI is InChI=1S/C23H26N4OS/c1-14-24-25-22-26(13-15-8-6-5-7-9-15)20(28)19-17-11-10-16(23(2,3)4)12-18(17)29-21(19)27(14)22/h5-9,16H,10-13H2,1-4H3. The molecule has 29 heavy (non-hydrogen) atoms. The zero-order valence-electron chi connectivity index (χ0n) is 17.4. The molecule has 5 rings (SSSR count). The zero-order valence-corrected chi connectivity index (χ0v) is 18.2. The van der Waals surface area contributed by atoms with E-state index in [1.54, 1.807) is 15.9 Å². The van der Waals surface area contributed by atoms with Crippen molar-refractivity contribution in [2.45, 2.75) is 53.5 Å². The molecule has 1 atom stereocenters. The summed E-state index contributed by atoms with van der Waals surface area (Å²) in [5, 5.41) is 9.56. The molecule has 3 aromatic heterocycles. The van der Waals surface area contributed by atoms with Crippen LogP contribution in [0.5, 0.6) is 0 Å². The Hall–Kier alpha value is -2.47. The summed E-state index contributed by atoms with van der Waals surface area (Å²) in [7, 11) is 0. The van der Waals surface area contributed by atoms with Crippen molar-refractivity contribution in [3.8, 4) is 0 Å². The van der Waals surface area contributed by atoms with Crippen molar-refractivity contribution in [1.29, 1.82) is 0 Å². The first-order chi connectivity index (χ1) is 13.8.